The molecule has 0 bridgehead atoms. The molecule has 0 saturated heterocycles. The number of halogens is 1. The standard InChI is InChI=1S/C15H10FN3O4S/c16-11-6-7-13(19(20)21)14(9-11)24(22,23)18-12-5-1-3-10-4-2-8-17-15(10)12/h1-9,18H. The summed E-state index contributed by atoms with van der Waals surface area (Å²) in [6.45, 7) is 0. The Kier molecular flexibility index (Phi) is 3.86. The van der Waals surface area contributed by atoms with E-state index < -0.39 is 31.3 Å². The highest BCUT2D eigenvalue weighted by Gasteiger charge is 2.27. The Hall–Kier alpha value is -3.07. The number of nitro groups is 1. The fourth-order valence-corrected chi connectivity index (χ4v) is 3.49. The molecule has 0 atom stereocenters. The number of sulfonamides is 1. The summed E-state index contributed by atoms with van der Waals surface area (Å²) in [6, 6.07) is 10.5. The molecule has 0 fully saturated rings. The van der Waals surface area contributed by atoms with Crippen molar-refractivity contribution in [1.29, 1.82) is 0 Å². The van der Waals surface area contributed by atoms with E-state index >= 15 is 0 Å². The lowest BCUT2D eigenvalue weighted by atomic mass is 10.2. The molecule has 1 N–H and O–H groups in total. The predicted octanol–water partition coefficient (Wildman–Crippen LogP) is 3.08. The van der Waals surface area contributed by atoms with Crippen LogP contribution < -0.4 is 4.72 Å². The number of aromatic nitrogens is 1. The van der Waals surface area contributed by atoms with Crippen molar-refractivity contribution in [3.05, 3.63) is 70.7 Å². The maximum absolute atomic E-state index is 13.4. The molecule has 0 saturated carbocycles. The molecule has 0 amide bonds. The number of rotatable bonds is 4. The highest BCUT2D eigenvalue weighted by molar-refractivity contribution is 7.92. The first kappa shape index (κ1) is 15.8. The quantitative estimate of drug-likeness (QED) is 0.577. The molecule has 0 aliphatic rings. The fraction of sp³-hybridized carbons (Fsp3) is 0. The van der Waals surface area contributed by atoms with Crippen LogP contribution in [-0.4, -0.2) is 18.3 Å². The third-order valence-corrected chi connectivity index (χ3v) is 4.68. The summed E-state index contributed by atoms with van der Waals surface area (Å²) in [6.07, 6.45) is 1.49. The Morgan fingerprint density at radius 2 is 1.88 bits per heavy atom. The molecule has 0 radical (unpaired) electrons. The third kappa shape index (κ3) is 2.88. The Bertz CT molecular complexity index is 1050. The number of nitrogens with one attached hydrogen (secondary N) is 1. The first-order valence-corrected chi connectivity index (χ1v) is 8.17. The fourth-order valence-electron chi connectivity index (χ4n) is 2.24. The van der Waals surface area contributed by atoms with E-state index in [1.807, 2.05) is 0 Å². The van der Waals surface area contributed by atoms with Gasteiger partial charge >= 0.3 is 0 Å². The molecule has 122 valence electrons. The van der Waals surface area contributed by atoms with E-state index in [4.69, 9.17) is 0 Å². The van der Waals surface area contributed by atoms with E-state index in [0.29, 0.717) is 17.0 Å². The van der Waals surface area contributed by atoms with Crippen LogP contribution in [0.4, 0.5) is 15.8 Å². The smallest absolute Gasteiger partial charge is 0.277 e. The Morgan fingerprint density at radius 1 is 1.12 bits per heavy atom. The number of hydrogen-bond donors (Lipinski definition) is 1. The number of fused-ring (bicyclic) bond motifs is 1. The largest absolute Gasteiger partial charge is 0.290 e. The van der Waals surface area contributed by atoms with Crippen molar-refractivity contribution in [2.75, 3.05) is 4.72 Å². The molecule has 1 heterocycles. The molecule has 9 heteroatoms. The number of hydrogen-bond acceptors (Lipinski definition) is 5. The topological polar surface area (TPSA) is 102 Å². The highest BCUT2D eigenvalue weighted by Crippen LogP contribution is 2.28. The van der Waals surface area contributed by atoms with Gasteiger partial charge in [0.05, 0.1) is 16.1 Å². The van der Waals surface area contributed by atoms with E-state index in [-0.39, 0.29) is 5.69 Å². The number of anilines is 1. The van der Waals surface area contributed by atoms with Gasteiger partial charge in [0.1, 0.15) is 5.82 Å². The summed E-state index contributed by atoms with van der Waals surface area (Å²) in [5, 5.41) is 11.7. The van der Waals surface area contributed by atoms with Crippen molar-refractivity contribution in [1.82, 2.24) is 4.98 Å². The van der Waals surface area contributed by atoms with E-state index in [1.54, 1.807) is 24.3 Å². The van der Waals surface area contributed by atoms with Crippen molar-refractivity contribution in [2.45, 2.75) is 4.90 Å². The molecular formula is C15H10FN3O4S. The number of benzene rings is 2. The van der Waals surface area contributed by atoms with Crippen molar-refractivity contribution < 1.29 is 17.7 Å². The van der Waals surface area contributed by atoms with Crippen LogP contribution in [0.25, 0.3) is 10.9 Å². The van der Waals surface area contributed by atoms with Crippen molar-refractivity contribution in [3.8, 4) is 0 Å². The molecule has 3 aromatic rings. The maximum Gasteiger partial charge on any atom is 0.290 e. The van der Waals surface area contributed by atoms with Gasteiger partial charge in [0.15, 0.2) is 4.90 Å². The molecule has 0 aliphatic carbocycles. The molecule has 3 rings (SSSR count). The highest BCUT2D eigenvalue weighted by atomic mass is 32.2. The van der Waals surface area contributed by atoms with Crippen molar-refractivity contribution in [2.24, 2.45) is 0 Å². The number of para-hydroxylation sites is 1. The monoisotopic (exact) mass is 347 g/mol. The first-order valence-electron chi connectivity index (χ1n) is 6.69. The zero-order chi connectivity index (χ0) is 17.3. The normalized spacial score (nSPS) is 11.4. The summed E-state index contributed by atoms with van der Waals surface area (Å²) in [7, 11) is -4.37. The van der Waals surface area contributed by atoms with Gasteiger partial charge in [0.25, 0.3) is 15.7 Å². The van der Waals surface area contributed by atoms with E-state index in [9.17, 15) is 22.9 Å². The minimum absolute atomic E-state index is 0.145. The molecule has 0 spiro atoms. The number of nitrogens with zero attached hydrogens (tertiary/aromatic N) is 2. The molecular weight excluding hydrogens is 337 g/mol. The molecule has 7 nitrogen and oxygen atoms in total. The van der Waals surface area contributed by atoms with E-state index in [2.05, 4.69) is 9.71 Å². The number of pyridine rings is 1. The molecule has 24 heavy (non-hydrogen) atoms. The second kappa shape index (κ2) is 5.85. The van der Waals surface area contributed by atoms with Gasteiger partial charge in [0.2, 0.25) is 0 Å². The lowest BCUT2D eigenvalue weighted by Gasteiger charge is -2.10. The third-order valence-electron chi connectivity index (χ3n) is 3.29. The van der Waals surface area contributed by atoms with Crippen LogP contribution in [0.15, 0.2) is 59.6 Å². The van der Waals surface area contributed by atoms with Crippen molar-refractivity contribution >= 4 is 32.3 Å². The minimum Gasteiger partial charge on any atom is -0.277 e. The van der Waals surface area contributed by atoms with Gasteiger partial charge in [-0.25, -0.2) is 12.8 Å². The second-order valence-corrected chi connectivity index (χ2v) is 6.51. The van der Waals surface area contributed by atoms with E-state index in [1.165, 1.54) is 12.3 Å². The van der Waals surface area contributed by atoms with Crippen LogP contribution >= 0.6 is 0 Å². The van der Waals surface area contributed by atoms with Crippen LogP contribution in [0, 0.1) is 15.9 Å². The van der Waals surface area contributed by atoms with Crippen molar-refractivity contribution in [3.63, 3.8) is 0 Å². The van der Waals surface area contributed by atoms with Gasteiger partial charge in [-0.2, -0.15) is 0 Å². The van der Waals surface area contributed by atoms with Crippen LogP contribution in [0.1, 0.15) is 0 Å². The molecule has 1 aromatic heterocycles. The van der Waals surface area contributed by atoms with Gasteiger partial charge in [-0.05, 0) is 18.2 Å². The summed E-state index contributed by atoms with van der Waals surface area (Å²) < 4.78 is 40.7. The van der Waals surface area contributed by atoms with Gasteiger partial charge in [-0.15, -0.1) is 0 Å². The van der Waals surface area contributed by atoms with E-state index in [0.717, 1.165) is 12.1 Å². The zero-order valence-corrected chi connectivity index (χ0v) is 12.8. The summed E-state index contributed by atoms with van der Waals surface area (Å²) in [4.78, 5) is 13.5. The van der Waals surface area contributed by atoms with Crippen LogP contribution in [0.5, 0.6) is 0 Å². The average Bonchev–Trinajstić information content (AvgIpc) is 2.54. The second-order valence-electron chi connectivity index (χ2n) is 4.86. The van der Waals surface area contributed by atoms with Crippen LogP contribution in [0.2, 0.25) is 0 Å². The SMILES string of the molecule is O=[N+]([O-])c1ccc(F)cc1S(=O)(=O)Nc1cccc2cccnc12. The zero-order valence-electron chi connectivity index (χ0n) is 12.0. The van der Waals surface area contributed by atoms with Gasteiger partial charge in [-0.1, -0.05) is 18.2 Å². The lowest BCUT2D eigenvalue weighted by molar-refractivity contribution is -0.387. The number of nitro benzene ring substituents is 1. The van der Waals surface area contributed by atoms with Gasteiger partial charge in [0, 0.05) is 23.7 Å². The Balaban J connectivity index is 2.12. The average molecular weight is 347 g/mol. The van der Waals surface area contributed by atoms with Gasteiger partial charge < -0.3 is 0 Å². The van der Waals surface area contributed by atoms with Crippen LogP contribution in [0.3, 0.4) is 0 Å². The summed E-state index contributed by atoms with van der Waals surface area (Å²) >= 11 is 0. The summed E-state index contributed by atoms with van der Waals surface area (Å²) in [5.41, 5.74) is -0.189. The molecule has 0 unspecified atom stereocenters. The maximum atomic E-state index is 13.4. The summed E-state index contributed by atoms with van der Waals surface area (Å²) in [5.74, 6) is -0.892. The first-order chi connectivity index (χ1) is 11.4. The van der Waals surface area contributed by atoms with Crippen LogP contribution in [-0.2, 0) is 10.0 Å². The Labute approximate surface area is 136 Å². The predicted molar refractivity (Wildman–Crippen MR) is 85.6 cm³/mol. The molecule has 2 aromatic carbocycles. The minimum atomic E-state index is -4.37. The Morgan fingerprint density at radius 3 is 2.62 bits per heavy atom. The lowest BCUT2D eigenvalue weighted by Crippen LogP contribution is -2.15. The molecule has 0 aliphatic heterocycles. The van der Waals surface area contributed by atoms with Gasteiger partial charge in [-0.3, -0.25) is 19.8 Å².